The maximum Gasteiger partial charge on any atom is 0.131 e. The van der Waals surface area contributed by atoms with Gasteiger partial charge in [0.25, 0.3) is 0 Å². The first-order valence-electron chi connectivity index (χ1n) is 6.66. The number of halogens is 2. The molecule has 0 radical (unpaired) electrons. The number of methoxy groups -OCH3 is 1. The van der Waals surface area contributed by atoms with Crippen LogP contribution in [0.1, 0.15) is 22.9 Å². The maximum atomic E-state index is 14.2. The van der Waals surface area contributed by atoms with E-state index in [0.717, 1.165) is 11.3 Å². The highest BCUT2D eigenvalue weighted by atomic mass is 35.5. The van der Waals surface area contributed by atoms with Crippen molar-refractivity contribution in [2.45, 2.75) is 19.4 Å². The Morgan fingerprint density at radius 1 is 1.48 bits per heavy atom. The van der Waals surface area contributed by atoms with Crippen molar-refractivity contribution in [2.24, 2.45) is 7.05 Å². The molecular weight excluding hydrogens is 293 g/mol. The molecule has 1 N–H and O–H groups in total. The number of rotatable bonds is 5. The molecule has 21 heavy (non-hydrogen) atoms. The highest BCUT2D eigenvalue weighted by Crippen LogP contribution is 2.28. The van der Waals surface area contributed by atoms with Gasteiger partial charge in [-0.2, -0.15) is 5.10 Å². The highest BCUT2D eigenvalue weighted by molar-refractivity contribution is 6.30. The van der Waals surface area contributed by atoms with Crippen molar-refractivity contribution >= 4 is 11.6 Å². The minimum Gasteiger partial charge on any atom is -0.497 e. The van der Waals surface area contributed by atoms with Crippen LogP contribution in [-0.2, 0) is 13.5 Å². The molecular formula is C15H19ClFN3O. The minimum absolute atomic E-state index is 0.184. The second-order valence-electron chi connectivity index (χ2n) is 4.91. The quantitative estimate of drug-likeness (QED) is 0.922. The molecule has 0 saturated heterocycles. The van der Waals surface area contributed by atoms with Crippen LogP contribution in [0.15, 0.2) is 18.2 Å². The monoisotopic (exact) mass is 311 g/mol. The lowest BCUT2D eigenvalue weighted by molar-refractivity contribution is 0.409. The Morgan fingerprint density at radius 3 is 2.67 bits per heavy atom. The molecule has 0 spiro atoms. The van der Waals surface area contributed by atoms with E-state index >= 15 is 0 Å². The Labute approximate surface area is 128 Å². The van der Waals surface area contributed by atoms with Crippen LogP contribution >= 0.6 is 11.6 Å². The molecule has 1 atom stereocenters. The van der Waals surface area contributed by atoms with E-state index < -0.39 is 0 Å². The number of benzene rings is 1. The molecule has 1 aromatic heterocycles. The first kappa shape index (κ1) is 15.8. The highest BCUT2D eigenvalue weighted by Gasteiger charge is 2.20. The minimum atomic E-state index is -0.300. The summed E-state index contributed by atoms with van der Waals surface area (Å²) in [5.74, 6) is 0.202. The summed E-state index contributed by atoms with van der Waals surface area (Å²) in [6.07, 6.45) is 0.568. The summed E-state index contributed by atoms with van der Waals surface area (Å²) < 4.78 is 20.9. The van der Waals surface area contributed by atoms with Crippen LogP contribution in [0.3, 0.4) is 0 Å². The molecule has 0 saturated carbocycles. The number of likely N-dealkylation sites (N-methyl/N-ethyl adjacent to an activating group) is 1. The normalized spacial score (nSPS) is 12.5. The fraction of sp³-hybridized carbons (Fsp3) is 0.400. The van der Waals surface area contributed by atoms with Gasteiger partial charge in [-0.25, -0.2) is 4.39 Å². The molecule has 1 aromatic carbocycles. The lowest BCUT2D eigenvalue weighted by Crippen LogP contribution is -2.20. The third-order valence-corrected chi connectivity index (χ3v) is 4.08. The van der Waals surface area contributed by atoms with Gasteiger partial charge in [0.05, 0.1) is 12.8 Å². The molecule has 2 aromatic rings. The number of nitrogens with zero attached hydrogens (tertiary/aromatic N) is 2. The number of hydrogen-bond acceptors (Lipinski definition) is 3. The molecule has 0 aliphatic carbocycles. The topological polar surface area (TPSA) is 39.1 Å². The van der Waals surface area contributed by atoms with Crippen molar-refractivity contribution in [1.82, 2.24) is 15.1 Å². The molecule has 2 rings (SSSR count). The predicted molar refractivity (Wildman–Crippen MR) is 81.4 cm³/mol. The summed E-state index contributed by atoms with van der Waals surface area (Å²) >= 11 is 6.25. The van der Waals surface area contributed by atoms with Gasteiger partial charge in [0.2, 0.25) is 0 Å². The SMILES string of the molecule is CNC(Cc1c(C)nn(C)c1Cl)c1ccc(OC)cc1F. The van der Waals surface area contributed by atoms with E-state index in [-0.39, 0.29) is 11.9 Å². The molecule has 1 heterocycles. The lowest BCUT2D eigenvalue weighted by Gasteiger charge is -2.18. The molecule has 0 aliphatic rings. The third-order valence-electron chi connectivity index (χ3n) is 3.61. The molecule has 6 heteroatoms. The van der Waals surface area contributed by atoms with Crippen molar-refractivity contribution < 1.29 is 9.13 Å². The van der Waals surface area contributed by atoms with Crippen molar-refractivity contribution in [3.8, 4) is 5.75 Å². The van der Waals surface area contributed by atoms with Crippen LogP contribution < -0.4 is 10.1 Å². The fourth-order valence-electron chi connectivity index (χ4n) is 2.39. The molecule has 0 aliphatic heterocycles. The van der Waals surface area contributed by atoms with Gasteiger partial charge in [-0.15, -0.1) is 0 Å². The Hall–Kier alpha value is -1.59. The molecule has 0 bridgehead atoms. The van der Waals surface area contributed by atoms with Crippen molar-refractivity contribution in [1.29, 1.82) is 0 Å². The second-order valence-corrected chi connectivity index (χ2v) is 5.27. The number of aryl methyl sites for hydroxylation is 2. The molecule has 0 amide bonds. The summed E-state index contributed by atoms with van der Waals surface area (Å²) in [6, 6.07) is 4.68. The van der Waals surface area contributed by atoms with Gasteiger partial charge in [0.1, 0.15) is 16.7 Å². The second kappa shape index (κ2) is 6.45. The largest absolute Gasteiger partial charge is 0.497 e. The Balaban J connectivity index is 2.32. The zero-order valence-electron chi connectivity index (χ0n) is 12.6. The average molecular weight is 312 g/mol. The zero-order valence-corrected chi connectivity index (χ0v) is 13.3. The van der Waals surface area contributed by atoms with Crippen LogP contribution in [0.5, 0.6) is 5.75 Å². The third kappa shape index (κ3) is 3.19. The summed E-state index contributed by atoms with van der Waals surface area (Å²) in [7, 11) is 5.11. The van der Waals surface area contributed by atoms with Crippen LogP contribution in [0, 0.1) is 12.7 Å². The Kier molecular flexibility index (Phi) is 4.85. The molecule has 1 unspecified atom stereocenters. The Morgan fingerprint density at radius 2 is 2.19 bits per heavy atom. The van der Waals surface area contributed by atoms with Crippen LogP contribution in [0.25, 0.3) is 0 Å². The van der Waals surface area contributed by atoms with Gasteiger partial charge in [-0.1, -0.05) is 17.7 Å². The predicted octanol–water partition coefficient (Wildman–Crippen LogP) is 3.03. The summed E-state index contributed by atoms with van der Waals surface area (Å²) in [6.45, 7) is 1.90. The zero-order chi connectivity index (χ0) is 15.6. The number of hydrogen-bond donors (Lipinski definition) is 1. The van der Waals surface area contributed by atoms with E-state index in [4.69, 9.17) is 16.3 Å². The van der Waals surface area contributed by atoms with Crippen LogP contribution in [0.4, 0.5) is 4.39 Å². The van der Waals surface area contributed by atoms with Gasteiger partial charge in [-0.3, -0.25) is 4.68 Å². The molecule has 0 fully saturated rings. The van der Waals surface area contributed by atoms with Gasteiger partial charge >= 0.3 is 0 Å². The first-order chi connectivity index (χ1) is 9.97. The van der Waals surface area contributed by atoms with Crippen molar-refractivity contribution in [3.63, 3.8) is 0 Å². The number of aromatic nitrogens is 2. The smallest absolute Gasteiger partial charge is 0.131 e. The van der Waals surface area contributed by atoms with E-state index in [1.54, 1.807) is 30.9 Å². The van der Waals surface area contributed by atoms with Gasteiger partial charge in [0, 0.05) is 30.3 Å². The first-order valence-corrected chi connectivity index (χ1v) is 7.04. The van der Waals surface area contributed by atoms with Gasteiger partial charge in [0.15, 0.2) is 0 Å². The number of nitrogens with one attached hydrogen (secondary N) is 1. The van der Waals surface area contributed by atoms with Crippen LogP contribution in [-0.4, -0.2) is 23.9 Å². The number of ether oxygens (including phenoxy) is 1. The van der Waals surface area contributed by atoms with Gasteiger partial charge < -0.3 is 10.1 Å². The van der Waals surface area contributed by atoms with E-state index in [9.17, 15) is 4.39 Å². The Bertz CT molecular complexity index is 642. The summed E-state index contributed by atoms with van der Waals surface area (Å²) in [5, 5.41) is 8.00. The van der Waals surface area contributed by atoms with Crippen LogP contribution in [0.2, 0.25) is 5.15 Å². The lowest BCUT2D eigenvalue weighted by atomic mass is 9.99. The molecule has 114 valence electrons. The van der Waals surface area contributed by atoms with E-state index in [1.165, 1.54) is 13.2 Å². The summed E-state index contributed by atoms with van der Waals surface area (Å²) in [4.78, 5) is 0. The van der Waals surface area contributed by atoms with Crippen molar-refractivity contribution in [3.05, 3.63) is 46.0 Å². The standard InChI is InChI=1S/C15H19ClFN3O/c1-9-12(15(16)20(3)19-9)8-14(18-2)11-6-5-10(21-4)7-13(11)17/h5-7,14,18H,8H2,1-4H3. The fourth-order valence-corrected chi connectivity index (χ4v) is 2.65. The van der Waals surface area contributed by atoms with E-state index in [2.05, 4.69) is 10.4 Å². The summed E-state index contributed by atoms with van der Waals surface area (Å²) in [5.41, 5.74) is 2.36. The average Bonchev–Trinajstić information content (AvgIpc) is 2.70. The maximum absolute atomic E-state index is 14.2. The van der Waals surface area contributed by atoms with E-state index in [1.807, 2.05) is 6.92 Å². The van der Waals surface area contributed by atoms with E-state index in [0.29, 0.717) is 22.9 Å². The van der Waals surface area contributed by atoms with Crippen molar-refractivity contribution in [2.75, 3.05) is 14.2 Å². The molecule has 4 nitrogen and oxygen atoms in total. The van der Waals surface area contributed by atoms with Gasteiger partial charge in [-0.05, 0) is 26.5 Å².